The van der Waals surface area contributed by atoms with E-state index in [-0.39, 0.29) is 6.61 Å². The first kappa shape index (κ1) is 11.9. The summed E-state index contributed by atoms with van der Waals surface area (Å²) in [5, 5.41) is 14.6. The normalized spacial score (nSPS) is 17.8. The molecule has 0 aliphatic carbocycles. The molecule has 0 bridgehead atoms. The van der Waals surface area contributed by atoms with Crippen LogP contribution in [0.3, 0.4) is 0 Å². The van der Waals surface area contributed by atoms with Crippen LogP contribution in [0.5, 0.6) is 0 Å². The van der Waals surface area contributed by atoms with Crippen LogP contribution in [0.25, 0.3) is 4.96 Å². The lowest BCUT2D eigenvalue weighted by molar-refractivity contribution is 0.188. The third kappa shape index (κ3) is 2.09. The Labute approximate surface area is 109 Å². The highest BCUT2D eigenvalue weighted by Crippen LogP contribution is 2.24. The van der Waals surface area contributed by atoms with Crippen molar-refractivity contribution in [3.05, 3.63) is 11.9 Å². The van der Waals surface area contributed by atoms with E-state index in [1.54, 1.807) is 11.3 Å². The second-order valence-electron chi connectivity index (χ2n) is 4.53. The Morgan fingerprint density at radius 3 is 2.78 bits per heavy atom. The first-order valence-electron chi connectivity index (χ1n) is 6.17. The number of rotatable bonds is 3. The molecule has 6 nitrogen and oxygen atoms in total. The Bertz CT molecular complexity index is 529. The number of β-amino-alcohol motifs (C(OH)–C–C–N with tert-alkyl or cyclic N) is 1. The van der Waals surface area contributed by atoms with Gasteiger partial charge in [-0.1, -0.05) is 11.3 Å². The van der Waals surface area contributed by atoms with Gasteiger partial charge in [-0.05, 0) is 6.92 Å². The van der Waals surface area contributed by atoms with E-state index in [4.69, 9.17) is 5.11 Å². The molecule has 0 atom stereocenters. The van der Waals surface area contributed by atoms with Gasteiger partial charge in [0.15, 0.2) is 0 Å². The van der Waals surface area contributed by atoms with E-state index in [2.05, 4.69) is 19.9 Å². The zero-order chi connectivity index (χ0) is 12.5. The molecule has 1 aliphatic heterocycles. The number of hydrogen-bond donors (Lipinski definition) is 1. The summed E-state index contributed by atoms with van der Waals surface area (Å²) < 4.78 is 1.90. The van der Waals surface area contributed by atoms with Crippen LogP contribution in [-0.4, -0.2) is 63.9 Å². The molecule has 1 aliphatic rings. The van der Waals surface area contributed by atoms with Crippen LogP contribution < -0.4 is 4.90 Å². The molecule has 0 spiro atoms. The first-order chi connectivity index (χ1) is 8.78. The van der Waals surface area contributed by atoms with Gasteiger partial charge in [-0.15, -0.1) is 5.10 Å². The Kier molecular flexibility index (Phi) is 3.19. The second-order valence-corrected chi connectivity index (χ2v) is 5.47. The van der Waals surface area contributed by atoms with Crippen molar-refractivity contribution in [3.63, 3.8) is 0 Å². The zero-order valence-corrected chi connectivity index (χ0v) is 11.2. The van der Waals surface area contributed by atoms with Gasteiger partial charge in [-0.3, -0.25) is 4.90 Å². The van der Waals surface area contributed by atoms with Crippen LogP contribution in [0, 0.1) is 6.92 Å². The smallest absolute Gasteiger partial charge is 0.214 e. The van der Waals surface area contributed by atoms with Crippen molar-refractivity contribution in [2.45, 2.75) is 6.92 Å². The van der Waals surface area contributed by atoms with Crippen LogP contribution in [-0.2, 0) is 0 Å². The highest BCUT2D eigenvalue weighted by molar-refractivity contribution is 7.20. The minimum Gasteiger partial charge on any atom is -0.395 e. The van der Waals surface area contributed by atoms with Crippen molar-refractivity contribution in [1.29, 1.82) is 0 Å². The Hall–Kier alpha value is -1.18. The molecule has 0 unspecified atom stereocenters. The van der Waals surface area contributed by atoms with Crippen LogP contribution >= 0.6 is 11.3 Å². The van der Waals surface area contributed by atoms with Gasteiger partial charge >= 0.3 is 0 Å². The molecule has 0 radical (unpaired) electrons. The van der Waals surface area contributed by atoms with Crippen molar-refractivity contribution in [3.8, 4) is 0 Å². The van der Waals surface area contributed by atoms with Gasteiger partial charge in [-0.2, -0.15) is 0 Å². The number of piperazine rings is 1. The average molecular weight is 267 g/mol. The second kappa shape index (κ2) is 4.83. The van der Waals surface area contributed by atoms with E-state index in [1.165, 1.54) is 0 Å². The minimum absolute atomic E-state index is 0.240. The predicted molar refractivity (Wildman–Crippen MR) is 71.3 cm³/mol. The lowest BCUT2D eigenvalue weighted by Gasteiger charge is -2.33. The van der Waals surface area contributed by atoms with Gasteiger partial charge in [0.25, 0.3) is 0 Å². The Balaban J connectivity index is 1.72. The van der Waals surface area contributed by atoms with Gasteiger partial charge in [0.1, 0.15) is 0 Å². The summed E-state index contributed by atoms with van der Waals surface area (Å²) in [6, 6.07) is 0. The molecule has 1 fully saturated rings. The summed E-state index contributed by atoms with van der Waals surface area (Å²) in [4.78, 5) is 9.86. The molecule has 3 rings (SSSR count). The number of anilines is 1. The molecule has 2 aromatic heterocycles. The molecule has 0 aromatic carbocycles. The predicted octanol–water partition coefficient (Wildman–Crippen LogP) is 0.214. The van der Waals surface area contributed by atoms with Crippen molar-refractivity contribution >= 4 is 21.4 Å². The number of aromatic nitrogens is 3. The molecule has 98 valence electrons. The topological polar surface area (TPSA) is 56.9 Å². The lowest BCUT2D eigenvalue weighted by Crippen LogP contribution is -2.47. The maximum Gasteiger partial charge on any atom is 0.214 e. The summed E-state index contributed by atoms with van der Waals surface area (Å²) in [6.45, 7) is 6.94. The van der Waals surface area contributed by atoms with Crippen LogP contribution in [0.15, 0.2) is 6.20 Å². The standard InChI is InChI=1S/C11H17N5OS/c1-9-8-12-10-16(9)13-11(18-10)15-4-2-14(3-5-15)6-7-17/h8,17H,2-7H2,1H3. The third-order valence-electron chi connectivity index (χ3n) is 3.30. The number of nitrogens with zero attached hydrogens (tertiary/aromatic N) is 5. The molecule has 2 aromatic rings. The van der Waals surface area contributed by atoms with Crippen LogP contribution in [0.1, 0.15) is 5.69 Å². The molecule has 0 amide bonds. The fourth-order valence-corrected chi connectivity index (χ4v) is 3.19. The molecule has 7 heteroatoms. The number of imidazole rings is 1. The summed E-state index contributed by atoms with van der Waals surface area (Å²) in [7, 11) is 0. The summed E-state index contributed by atoms with van der Waals surface area (Å²) in [6.07, 6.45) is 1.85. The summed E-state index contributed by atoms with van der Waals surface area (Å²) in [5.41, 5.74) is 1.08. The highest BCUT2D eigenvalue weighted by Gasteiger charge is 2.20. The Morgan fingerprint density at radius 2 is 2.11 bits per heavy atom. The lowest BCUT2D eigenvalue weighted by atomic mass is 10.3. The third-order valence-corrected chi connectivity index (χ3v) is 4.29. The van der Waals surface area contributed by atoms with Gasteiger partial charge in [-0.25, -0.2) is 9.50 Å². The number of aryl methyl sites for hydroxylation is 1. The van der Waals surface area contributed by atoms with Gasteiger partial charge in [0.05, 0.1) is 18.5 Å². The summed E-state index contributed by atoms with van der Waals surface area (Å²) >= 11 is 1.64. The molecular weight excluding hydrogens is 250 g/mol. The van der Waals surface area contributed by atoms with E-state index in [9.17, 15) is 0 Å². The van der Waals surface area contributed by atoms with Crippen LogP contribution in [0.4, 0.5) is 5.13 Å². The van der Waals surface area contributed by atoms with Gasteiger partial charge in [0.2, 0.25) is 10.1 Å². The molecule has 0 saturated carbocycles. The molecular formula is C11H17N5OS. The highest BCUT2D eigenvalue weighted by atomic mass is 32.1. The largest absolute Gasteiger partial charge is 0.395 e. The van der Waals surface area contributed by atoms with E-state index < -0.39 is 0 Å². The monoisotopic (exact) mass is 267 g/mol. The molecule has 18 heavy (non-hydrogen) atoms. The molecule has 3 heterocycles. The summed E-state index contributed by atoms with van der Waals surface area (Å²) in [5.74, 6) is 0. The number of aliphatic hydroxyl groups excluding tert-OH is 1. The van der Waals surface area contributed by atoms with Crippen molar-refractivity contribution in [1.82, 2.24) is 19.5 Å². The maximum atomic E-state index is 8.92. The molecule has 1 saturated heterocycles. The fraction of sp³-hybridized carbons (Fsp3) is 0.636. The van der Waals surface area contributed by atoms with Crippen molar-refractivity contribution < 1.29 is 5.11 Å². The molecule has 1 N–H and O–H groups in total. The number of aliphatic hydroxyl groups is 1. The number of fused-ring (bicyclic) bond motifs is 1. The number of hydrogen-bond acceptors (Lipinski definition) is 6. The van der Waals surface area contributed by atoms with Gasteiger partial charge < -0.3 is 10.0 Å². The van der Waals surface area contributed by atoms with Gasteiger partial charge in [0, 0.05) is 32.7 Å². The van der Waals surface area contributed by atoms with E-state index in [0.717, 1.165) is 48.5 Å². The fourth-order valence-electron chi connectivity index (χ4n) is 2.22. The minimum atomic E-state index is 0.240. The van der Waals surface area contributed by atoms with E-state index >= 15 is 0 Å². The van der Waals surface area contributed by atoms with Crippen molar-refractivity contribution in [2.24, 2.45) is 0 Å². The van der Waals surface area contributed by atoms with E-state index in [1.807, 2.05) is 17.6 Å². The van der Waals surface area contributed by atoms with E-state index in [0.29, 0.717) is 0 Å². The maximum absolute atomic E-state index is 8.92. The first-order valence-corrected chi connectivity index (χ1v) is 6.99. The zero-order valence-electron chi connectivity index (χ0n) is 10.4. The SMILES string of the molecule is Cc1cnc2sc(N3CCN(CCO)CC3)nn12. The van der Waals surface area contributed by atoms with Crippen LogP contribution in [0.2, 0.25) is 0 Å². The Morgan fingerprint density at radius 1 is 1.33 bits per heavy atom. The van der Waals surface area contributed by atoms with Crippen molar-refractivity contribution in [2.75, 3.05) is 44.2 Å². The quantitative estimate of drug-likeness (QED) is 0.862. The average Bonchev–Trinajstić information content (AvgIpc) is 2.94.